The lowest BCUT2D eigenvalue weighted by Gasteiger charge is -2.48. The fourth-order valence-corrected chi connectivity index (χ4v) is 5.45. The molecule has 3 fully saturated rings. The molecule has 1 atom stereocenters. The average molecular weight is 400 g/mol. The minimum Gasteiger partial charge on any atom is -0.393 e. The lowest BCUT2D eigenvalue weighted by Crippen LogP contribution is -2.63. The van der Waals surface area contributed by atoms with E-state index < -0.39 is 5.54 Å². The number of aliphatic hydroxyl groups excluding tert-OH is 1. The van der Waals surface area contributed by atoms with Crippen molar-refractivity contribution in [2.24, 2.45) is 0 Å². The molecule has 2 saturated heterocycles. The molecule has 3 aliphatic rings. The number of nitrogens with one attached hydrogen (secondary N) is 1. The van der Waals surface area contributed by atoms with Gasteiger partial charge in [0.25, 0.3) is 0 Å². The summed E-state index contributed by atoms with van der Waals surface area (Å²) in [6.07, 6.45) is 6.80. The highest BCUT2D eigenvalue weighted by Crippen LogP contribution is 2.40. The van der Waals surface area contributed by atoms with Gasteiger partial charge in [-0.05, 0) is 63.5 Å². The number of carbonyl (C=O) groups is 2. The third-order valence-electron chi connectivity index (χ3n) is 7.05. The Labute approximate surface area is 173 Å². The highest BCUT2D eigenvalue weighted by Gasteiger charge is 2.52. The number of piperidine rings is 1. The van der Waals surface area contributed by atoms with E-state index in [0.29, 0.717) is 6.54 Å². The van der Waals surface area contributed by atoms with Gasteiger partial charge in [0.2, 0.25) is 11.8 Å². The Bertz CT molecular complexity index is 717. The van der Waals surface area contributed by atoms with Crippen molar-refractivity contribution in [3.63, 3.8) is 0 Å². The molecule has 1 saturated carbocycles. The topological polar surface area (TPSA) is 72.9 Å². The SMILES string of the molecule is O=C(CN1CCCC12CCCN(C1CCC(O)CC1)C2=O)NCc1ccccc1. The van der Waals surface area contributed by atoms with Gasteiger partial charge >= 0.3 is 0 Å². The van der Waals surface area contributed by atoms with E-state index in [2.05, 4.69) is 15.1 Å². The lowest BCUT2D eigenvalue weighted by atomic mass is 9.82. The van der Waals surface area contributed by atoms with E-state index in [1.165, 1.54) is 0 Å². The molecule has 4 rings (SSSR count). The van der Waals surface area contributed by atoms with E-state index in [9.17, 15) is 14.7 Å². The van der Waals surface area contributed by atoms with Gasteiger partial charge in [0.15, 0.2) is 0 Å². The number of hydrogen-bond acceptors (Lipinski definition) is 4. The molecule has 2 N–H and O–H groups in total. The first kappa shape index (κ1) is 20.4. The van der Waals surface area contributed by atoms with Crippen molar-refractivity contribution in [3.8, 4) is 0 Å². The van der Waals surface area contributed by atoms with E-state index in [1.807, 2.05) is 30.3 Å². The van der Waals surface area contributed by atoms with Crippen LogP contribution in [0.4, 0.5) is 0 Å². The lowest BCUT2D eigenvalue weighted by molar-refractivity contribution is -0.152. The summed E-state index contributed by atoms with van der Waals surface area (Å²) < 4.78 is 0. The fraction of sp³-hybridized carbons (Fsp3) is 0.652. The molecule has 0 aromatic heterocycles. The number of amides is 2. The number of likely N-dealkylation sites (tertiary alicyclic amines) is 2. The van der Waals surface area contributed by atoms with Crippen LogP contribution in [0.15, 0.2) is 30.3 Å². The molecule has 1 aromatic carbocycles. The number of aliphatic hydroxyl groups is 1. The van der Waals surface area contributed by atoms with Crippen LogP contribution in [0.1, 0.15) is 56.9 Å². The zero-order valence-electron chi connectivity index (χ0n) is 17.2. The van der Waals surface area contributed by atoms with Crippen molar-refractivity contribution in [1.29, 1.82) is 0 Å². The Morgan fingerprint density at radius 3 is 2.48 bits per heavy atom. The van der Waals surface area contributed by atoms with Crippen molar-refractivity contribution in [2.75, 3.05) is 19.6 Å². The van der Waals surface area contributed by atoms with Crippen LogP contribution < -0.4 is 5.32 Å². The maximum absolute atomic E-state index is 13.6. The maximum Gasteiger partial charge on any atom is 0.243 e. The van der Waals surface area contributed by atoms with Crippen LogP contribution in [0.25, 0.3) is 0 Å². The zero-order valence-corrected chi connectivity index (χ0v) is 17.2. The van der Waals surface area contributed by atoms with Gasteiger partial charge in [-0.1, -0.05) is 30.3 Å². The second-order valence-corrected chi connectivity index (χ2v) is 8.88. The monoisotopic (exact) mass is 399 g/mol. The van der Waals surface area contributed by atoms with E-state index in [4.69, 9.17) is 0 Å². The van der Waals surface area contributed by atoms with Gasteiger partial charge in [0.1, 0.15) is 5.54 Å². The zero-order chi connectivity index (χ0) is 20.3. The number of rotatable bonds is 5. The first-order valence-corrected chi connectivity index (χ1v) is 11.1. The maximum atomic E-state index is 13.6. The molecular weight excluding hydrogens is 366 g/mol. The summed E-state index contributed by atoms with van der Waals surface area (Å²) in [5.74, 6) is 0.208. The molecule has 6 nitrogen and oxygen atoms in total. The second-order valence-electron chi connectivity index (χ2n) is 8.88. The molecule has 1 unspecified atom stereocenters. The standard InChI is InChI=1S/C23H33N3O3/c27-20-10-8-19(9-11-20)26-15-5-13-23(22(26)29)12-4-14-25(23)17-21(28)24-16-18-6-2-1-3-7-18/h1-3,6-7,19-20,27H,4-5,8-17H2,(H,24,28). The predicted octanol–water partition coefficient (Wildman–Crippen LogP) is 2.06. The minimum atomic E-state index is -0.502. The molecule has 2 aliphatic heterocycles. The summed E-state index contributed by atoms with van der Waals surface area (Å²) in [4.78, 5) is 30.4. The van der Waals surface area contributed by atoms with Crippen molar-refractivity contribution in [2.45, 2.75) is 75.6 Å². The van der Waals surface area contributed by atoms with Crippen LogP contribution in [0.2, 0.25) is 0 Å². The highest BCUT2D eigenvalue weighted by molar-refractivity contribution is 5.89. The Kier molecular flexibility index (Phi) is 6.20. The first-order chi connectivity index (χ1) is 14.1. The van der Waals surface area contributed by atoms with E-state index in [1.54, 1.807) is 0 Å². The van der Waals surface area contributed by atoms with Gasteiger partial charge < -0.3 is 15.3 Å². The van der Waals surface area contributed by atoms with E-state index in [0.717, 1.165) is 70.0 Å². The van der Waals surface area contributed by atoms with Crippen molar-refractivity contribution in [3.05, 3.63) is 35.9 Å². The molecule has 29 heavy (non-hydrogen) atoms. The van der Waals surface area contributed by atoms with Gasteiger partial charge in [-0.2, -0.15) is 0 Å². The van der Waals surface area contributed by atoms with Gasteiger partial charge in [-0.25, -0.2) is 0 Å². The van der Waals surface area contributed by atoms with E-state index >= 15 is 0 Å². The smallest absolute Gasteiger partial charge is 0.243 e. The van der Waals surface area contributed by atoms with Crippen LogP contribution in [-0.2, 0) is 16.1 Å². The fourth-order valence-electron chi connectivity index (χ4n) is 5.45. The molecule has 0 radical (unpaired) electrons. The van der Waals surface area contributed by atoms with Gasteiger partial charge in [0.05, 0.1) is 12.6 Å². The second kappa shape index (κ2) is 8.84. The van der Waals surface area contributed by atoms with E-state index in [-0.39, 0.29) is 30.5 Å². The molecule has 2 amide bonds. The molecule has 6 heteroatoms. The predicted molar refractivity (Wildman–Crippen MR) is 111 cm³/mol. The van der Waals surface area contributed by atoms with Gasteiger partial charge in [-0.15, -0.1) is 0 Å². The summed E-state index contributed by atoms with van der Waals surface area (Å²) in [6.45, 7) is 2.43. The number of hydrogen-bond donors (Lipinski definition) is 2. The minimum absolute atomic E-state index is 0.0131. The van der Waals surface area contributed by atoms with Crippen LogP contribution in [0.3, 0.4) is 0 Å². The average Bonchev–Trinajstić information content (AvgIpc) is 3.13. The molecule has 2 heterocycles. The van der Waals surface area contributed by atoms with Crippen molar-refractivity contribution >= 4 is 11.8 Å². The molecule has 0 bridgehead atoms. The van der Waals surface area contributed by atoms with Gasteiger partial charge in [-0.3, -0.25) is 14.5 Å². The molecule has 1 aromatic rings. The number of nitrogens with zero attached hydrogens (tertiary/aromatic N) is 2. The van der Waals surface area contributed by atoms with Crippen LogP contribution >= 0.6 is 0 Å². The molecule has 158 valence electrons. The largest absolute Gasteiger partial charge is 0.393 e. The van der Waals surface area contributed by atoms with Gasteiger partial charge in [0, 0.05) is 19.1 Å². The van der Waals surface area contributed by atoms with Crippen molar-refractivity contribution in [1.82, 2.24) is 15.1 Å². The first-order valence-electron chi connectivity index (χ1n) is 11.1. The summed E-state index contributed by atoms with van der Waals surface area (Å²) >= 11 is 0. The van der Waals surface area contributed by atoms with Crippen LogP contribution in [-0.4, -0.2) is 64.0 Å². The Morgan fingerprint density at radius 1 is 1.07 bits per heavy atom. The summed E-state index contributed by atoms with van der Waals surface area (Å²) in [5, 5.41) is 12.8. The normalized spacial score (nSPS) is 30.7. The van der Waals surface area contributed by atoms with Crippen LogP contribution in [0, 0.1) is 0 Å². The summed E-state index contributed by atoms with van der Waals surface area (Å²) in [7, 11) is 0. The number of benzene rings is 1. The highest BCUT2D eigenvalue weighted by atomic mass is 16.3. The van der Waals surface area contributed by atoms with Crippen LogP contribution in [0.5, 0.6) is 0 Å². The Balaban J connectivity index is 1.39. The third-order valence-corrected chi connectivity index (χ3v) is 7.05. The third kappa shape index (κ3) is 4.33. The quantitative estimate of drug-likeness (QED) is 0.795. The Morgan fingerprint density at radius 2 is 1.76 bits per heavy atom. The number of carbonyl (C=O) groups excluding carboxylic acids is 2. The molecular formula is C23H33N3O3. The molecule has 1 spiro atoms. The Hall–Kier alpha value is -1.92. The molecule has 1 aliphatic carbocycles. The summed E-state index contributed by atoms with van der Waals surface area (Å²) in [6, 6.07) is 10.2. The van der Waals surface area contributed by atoms with Crippen molar-refractivity contribution < 1.29 is 14.7 Å². The summed E-state index contributed by atoms with van der Waals surface area (Å²) in [5.41, 5.74) is 0.578.